The monoisotopic (exact) mass is 268 g/mol. The molecule has 1 aromatic heterocycles. The van der Waals surface area contributed by atoms with Crippen LogP contribution in [0.15, 0.2) is 5.38 Å². The van der Waals surface area contributed by atoms with Gasteiger partial charge in [0.15, 0.2) is 5.69 Å². The van der Waals surface area contributed by atoms with Crippen molar-refractivity contribution < 1.29 is 14.7 Å². The number of thiazole rings is 1. The third-order valence-electron chi connectivity index (χ3n) is 3.41. The molecule has 1 aliphatic rings. The Morgan fingerprint density at radius 2 is 2.28 bits per heavy atom. The zero-order valence-electron chi connectivity index (χ0n) is 10.2. The average Bonchev–Trinajstić information content (AvgIpc) is 3.01. The number of aromatic nitrogens is 1. The Kier molecular flexibility index (Phi) is 3.65. The van der Waals surface area contributed by atoms with Crippen LogP contribution in [0.3, 0.4) is 0 Å². The highest BCUT2D eigenvalue weighted by atomic mass is 32.1. The first-order chi connectivity index (χ1) is 8.57. The summed E-state index contributed by atoms with van der Waals surface area (Å²) in [6, 6.07) is 0. The molecule has 1 aliphatic carbocycles. The van der Waals surface area contributed by atoms with Crippen molar-refractivity contribution in [1.29, 1.82) is 0 Å². The van der Waals surface area contributed by atoms with Crippen LogP contribution in [-0.2, 0) is 11.2 Å². The molecule has 0 radical (unpaired) electrons. The lowest BCUT2D eigenvalue weighted by molar-refractivity contribution is -0.126. The van der Waals surface area contributed by atoms with E-state index < -0.39 is 5.97 Å². The van der Waals surface area contributed by atoms with E-state index >= 15 is 0 Å². The Morgan fingerprint density at radius 1 is 1.56 bits per heavy atom. The number of carboxylic acids is 1. The summed E-state index contributed by atoms with van der Waals surface area (Å²) in [5.41, 5.74) is -0.0386. The van der Waals surface area contributed by atoms with Gasteiger partial charge in [0.2, 0.25) is 5.91 Å². The van der Waals surface area contributed by atoms with Crippen LogP contribution in [0.4, 0.5) is 0 Å². The predicted molar refractivity (Wildman–Crippen MR) is 67.7 cm³/mol. The number of rotatable bonds is 6. The Hall–Kier alpha value is -1.43. The number of hydrogen-bond acceptors (Lipinski definition) is 4. The van der Waals surface area contributed by atoms with E-state index in [0.29, 0.717) is 13.0 Å². The van der Waals surface area contributed by atoms with E-state index in [1.165, 1.54) is 16.7 Å². The van der Waals surface area contributed by atoms with Crippen molar-refractivity contribution in [2.75, 3.05) is 6.54 Å². The molecule has 0 aliphatic heterocycles. The minimum Gasteiger partial charge on any atom is -0.476 e. The fraction of sp³-hybridized carbons (Fsp3) is 0.583. The van der Waals surface area contributed by atoms with E-state index in [1.807, 2.05) is 6.92 Å². The van der Waals surface area contributed by atoms with Gasteiger partial charge >= 0.3 is 5.97 Å². The summed E-state index contributed by atoms with van der Waals surface area (Å²) in [6.45, 7) is 2.56. The molecule has 0 aromatic carbocycles. The average molecular weight is 268 g/mol. The Morgan fingerprint density at radius 3 is 2.78 bits per heavy atom. The van der Waals surface area contributed by atoms with Crippen molar-refractivity contribution in [2.24, 2.45) is 5.41 Å². The number of carbonyl (C=O) groups excluding carboxylic acids is 1. The smallest absolute Gasteiger partial charge is 0.355 e. The molecule has 1 amide bonds. The maximum absolute atomic E-state index is 11.8. The van der Waals surface area contributed by atoms with Gasteiger partial charge in [-0.3, -0.25) is 4.79 Å². The van der Waals surface area contributed by atoms with E-state index in [1.54, 1.807) is 0 Å². The number of hydrogen-bond donors (Lipinski definition) is 2. The van der Waals surface area contributed by atoms with E-state index in [2.05, 4.69) is 10.3 Å². The summed E-state index contributed by atoms with van der Waals surface area (Å²) >= 11 is 1.32. The van der Waals surface area contributed by atoms with Crippen LogP contribution in [0.5, 0.6) is 0 Å². The lowest BCUT2D eigenvalue weighted by Gasteiger charge is -2.11. The molecule has 1 saturated carbocycles. The molecule has 6 heteroatoms. The zero-order chi connectivity index (χ0) is 13.2. The minimum atomic E-state index is -1.01. The van der Waals surface area contributed by atoms with Gasteiger partial charge in [0.1, 0.15) is 0 Å². The fourth-order valence-corrected chi connectivity index (χ4v) is 2.66. The highest BCUT2D eigenvalue weighted by molar-refractivity contribution is 7.09. The summed E-state index contributed by atoms with van der Waals surface area (Å²) in [5, 5.41) is 13.9. The molecule has 1 heterocycles. The summed E-state index contributed by atoms with van der Waals surface area (Å²) < 4.78 is 0. The molecular weight excluding hydrogens is 252 g/mol. The molecule has 2 N–H and O–H groups in total. The Balaban J connectivity index is 1.78. The lowest BCUT2D eigenvalue weighted by atomic mass is 10.0. The first-order valence-corrected chi connectivity index (χ1v) is 6.91. The van der Waals surface area contributed by atoms with Gasteiger partial charge in [0.25, 0.3) is 0 Å². The van der Waals surface area contributed by atoms with E-state index in [0.717, 1.165) is 24.3 Å². The number of nitrogens with one attached hydrogen (secondary N) is 1. The standard InChI is InChI=1S/C12H16N2O3S/c1-2-12(4-5-12)11(17)13-6-3-9-14-8(7-18-9)10(15)16/h7H,2-6H2,1H3,(H,13,17)(H,15,16). The number of amides is 1. The van der Waals surface area contributed by atoms with Crippen LogP contribution < -0.4 is 5.32 Å². The first kappa shape index (κ1) is 13.0. The van der Waals surface area contributed by atoms with Crippen LogP contribution in [0.25, 0.3) is 0 Å². The number of aromatic carboxylic acids is 1. The van der Waals surface area contributed by atoms with Gasteiger partial charge in [-0.25, -0.2) is 9.78 Å². The van der Waals surface area contributed by atoms with Crippen LogP contribution >= 0.6 is 11.3 Å². The predicted octanol–water partition coefficient (Wildman–Crippen LogP) is 1.69. The number of nitrogens with zero attached hydrogens (tertiary/aromatic N) is 1. The zero-order valence-corrected chi connectivity index (χ0v) is 11.0. The Labute approximate surface area is 109 Å². The summed E-state index contributed by atoms with van der Waals surface area (Å²) in [7, 11) is 0. The van der Waals surface area contributed by atoms with Gasteiger partial charge in [-0.2, -0.15) is 0 Å². The van der Waals surface area contributed by atoms with Crippen molar-refractivity contribution in [3.8, 4) is 0 Å². The van der Waals surface area contributed by atoms with Crippen molar-refractivity contribution in [3.05, 3.63) is 16.1 Å². The Bertz CT molecular complexity index is 466. The van der Waals surface area contributed by atoms with Gasteiger partial charge in [0, 0.05) is 23.8 Å². The van der Waals surface area contributed by atoms with Crippen molar-refractivity contribution in [1.82, 2.24) is 10.3 Å². The molecule has 1 aromatic rings. The molecule has 0 spiro atoms. The fourth-order valence-electron chi connectivity index (χ4n) is 1.89. The molecule has 18 heavy (non-hydrogen) atoms. The van der Waals surface area contributed by atoms with Gasteiger partial charge in [-0.15, -0.1) is 11.3 Å². The highest BCUT2D eigenvalue weighted by Gasteiger charge is 2.47. The molecule has 2 rings (SSSR count). The van der Waals surface area contributed by atoms with Crippen molar-refractivity contribution >= 4 is 23.2 Å². The number of carboxylic acid groups (broad SMARTS) is 1. The van der Waals surface area contributed by atoms with Crippen LogP contribution in [0.1, 0.15) is 41.7 Å². The largest absolute Gasteiger partial charge is 0.476 e. The minimum absolute atomic E-state index is 0.0774. The molecule has 5 nitrogen and oxygen atoms in total. The van der Waals surface area contributed by atoms with Gasteiger partial charge in [0.05, 0.1) is 5.01 Å². The maximum atomic E-state index is 11.8. The third kappa shape index (κ3) is 2.69. The molecule has 1 fully saturated rings. The molecule has 0 atom stereocenters. The summed E-state index contributed by atoms with van der Waals surface area (Å²) in [6.07, 6.45) is 3.44. The number of carbonyl (C=O) groups is 2. The van der Waals surface area contributed by atoms with E-state index in [9.17, 15) is 9.59 Å². The molecular formula is C12H16N2O3S. The normalized spacial score (nSPS) is 16.3. The maximum Gasteiger partial charge on any atom is 0.355 e. The van der Waals surface area contributed by atoms with E-state index in [4.69, 9.17) is 5.11 Å². The lowest BCUT2D eigenvalue weighted by Crippen LogP contribution is -2.33. The van der Waals surface area contributed by atoms with Crippen LogP contribution in [-0.4, -0.2) is 28.5 Å². The quantitative estimate of drug-likeness (QED) is 0.823. The first-order valence-electron chi connectivity index (χ1n) is 6.03. The molecule has 0 unspecified atom stereocenters. The molecule has 98 valence electrons. The third-order valence-corrected chi connectivity index (χ3v) is 4.32. The molecule has 0 saturated heterocycles. The van der Waals surface area contributed by atoms with E-state index in [-0.39, 0.29) is 17.0 Å². The van der Waals surface area contributed by atoms with Gasteiger partial charge in [-0.05, 0) is 19.3 Å². The molecule has 0 bridgehead atoms. The highest BCUT2D eigenvalue weighted by Crippen LogP contribution is 2.48. The summed E-state index contributed by atoms with van der Waals surface area (Å²) in [5.74, 6) is -0.885. The SMILES string of the molecule is CCC1(C(=O)NCCc2nc(C(=O)O)cs2)CC1. The summed E-state index contributed by atoms with van der Waals surface area (Å²) in [4.78, 5) is 26.5. The second kappa shape index (κ2) is 5.06. The van der Waals surface area contributed by atoms with Crippen LogP contribution in [0.2, 0.25) is 0 Å². The topological polar surface area (TPSA) is 79.3 Å². The van der Waals surface area contributed by atoms with Gasteiger partial charge in [-0.1, -0.05) is 6.92 Å². The van der Waals surface area contributed by atoms with Crippen molar-refractivity contribution in [2.45, 2.75) is 32.6 Å². The second-order valence-electron chi connectivity index (χ2n) is 4.57. The van der Waals surface area contributed by atoms with Crippen LogP contribution in [0, 0.1) is 5.41 Å². The van der Waals surface area contributed by atoms with Gasteiger partial charge < -0.3 is 10.4 Å². The second-order valence-corrected chi connectivity index (χ2v) is 5.51. The van der Waals surface area contributed by atoms with Crippen molar-refractivity contribution in [3.63, 3.8) is 0 Å².